The van der Waals surface area contributed by atoms with Gasteiger partial charge >= 0.3 is 0 Å². The van der Waals surface area contributed by atoms with Crippen LogP contribution in [0.5, 0.6) is 0 Å². The number of hydrogen-bond acceptors (Lipinski definition) is 3. The van der Waals surface area contributed by atoms with E-state index < -0.39 is 0 Å². The molecule has 4 nitrogen and oxygen atoms in total. The fraction of sp³-hybridized carbons (Fsp3) is 0.857. The number of nitrogens with two attached hydrogens (primary N) is 1. The highest BCUT2D eigenvalue weighted by molar-refractivity contribution is 5.83. The molecule has 66 valence electrons. The average molecular weight is 160 g/mol. The third-order valence-electron chi connectivity index (χ3n) is 1.40. The highest BCUT2D eigenvalue weighted by Gasteiger charge is 2.05. The molecule has 0 spiro atoms. The first-order chi connectivity index (χ1) is 5.22. The van der Waals surface area contributed by atoms with Crippen molar-refractivity contribution in [1.82, 2.24) is 0 Å². The zero-order chi connectivity index (χ0) is 8.69. The minimum Gasteiger partial charge on any atom is -0.409 e. The Morgan fingerprint density at radius 3 is 2.82 bits per heavy atom. The van der Waals surface area contributed by atoms with Crippen LogP contribution in [0.4, 0.5) is 0 Å². The molecule has 0 aliphatic carbocycles. The van der Waals surface area contributed by atoms with Crippen LogP contribution in [-0.4, -0.2) is 23.8 Å². The Kier molecular flexibility index (Phi) is 5.56. The van der Waals surface area contributed by atoms with Gasteiger partial charge in [-0.25, -0.2) is 0 Å². The van der Waals surface area contributed by atoms with Gasteiger partial charge in [-0.2, -0.15) is 0 Å². The molecule has 3 N–H and O–H groups in total. The van der Waals surface area contributed by atoms with E-state index in [0.29, 0.717) is 6.61 Å². The molecule has 1 atom stereocenters. The van der Waals surface area contributed by atoms with Crippen molar-refractivity contribution < 1.29 is 9.94 Å². The zero-order valence-corrected chi connectivity index (χ0v) is 7.08. The van der Waals surface area contributed by atoms with Crippen LogP contribution < -0.4 is 5.73 Å². The summed E-state index contributed by atoms with van der Waals surface area (Å²) in [5.41, 5.74) is 5.27. The largest absolute Gasteiger partial charge is 0.409 e. The van der Waals surface area contributed by atoms with Crippen LogP contribution in [0.2, 0.25) is 0 Å². The summed E-state index contributed by atoms with van der Waals surface area (Å²) in [5.74, 6) is 0.126. The van der Waals surface area contributed by atoms with Crippen molar-refractivity contribution in [3.8, 4) is 0 Å². The molecule has 0 aliphatic heterocycles. The molecular formula is C7H16N2O2. The molecule has 0 aromatic rings. The summed E-state index contributed by atoms with van der Waals surface area (Å²) in [6.07, 6.45) is 1.80. The SMILES string of the molecule is CCCCOC(C)C(N)=NO. The first-order valence-electron chi connectivity index (χ1n) is 3.81. The third-order valence-corrected chi connectivity index (χ3v) is 1.40. The molecule has 0 saturated carbocycles. The maximum Gasteiger partial charge on any atom is 0.168 e. The molecule has 0 aromatic carbocycles. The van der Waals surface area contributed by atoms with E-state index in [4.69, 9.17) is 15.7 Å². The molecule has 4 heteroatoms. The standard InChI is InChI=1S/C7H16N2O2/c1-3-4-5-11-6(2)7(8)9-10/h6,10H,3-5H2,1-2H3,(H2,8,9). The van der Waals surface area contributed by atoms with Crippen molar-refractivity contribution >= 4 is 5.84 Å². The van der Waals surface area contributed by atoms with E-state index in [1.54, 1.807) is 6.92 Å². The van der Waals surface area contributed by atoms with Gasteiger partial charge in [-0.05, 0) is 13.3 Å². The average Bonchev–Trinajstić information content (AvgIpc) is 2.03. The zero-order valence-electron chi connectivity index (χ0n) is 7.08. The smallest absolute Gasteiger partial charge is 0.168 e. The van der Waals surface area contributed by atoms with E-state index in [1.807, 2.05) is 0 Å². The highest BCUT2D eigenvalue weighted by atomic mass is 16.5. The first-order valence-corrected chi connectivity index (χ1v) is 3.81. The topological polar surface area (TPSA) is 67.8 Å². The Bertz CT molecular complexity index is 126. The molecule has 0 fully saturated rings. The van der Waals surface area contributed by atoms with Gasteiger partial charge in [-0.3, -0.25) is 0 Å². The van der Waals surface area contributed by atoms with Crippen LogP contribution >= 0.6 is 0 Å². The Balaban J connectivity index is 3.44. The Morgan fingerprint density at radius 1 is 1.73 bits per heavy atom. The van der Waals surface area contributed by atoms with Gasteiger partial charge in [0.25, 0.3) is 0 Å². The molecule has 0 saturated heterocycles. The van der Waals surface area contributed by atoms with Gasteiger partial charge in [0, 0.05) is 6.61 Å². The molecule has 0 aromatic heterocycles. The molecule has 0 radical (unpaired) electrons. The minimum absolute atomic E-state index is 0.126. The van der Waals surface area contributed by atoms with Gasteiger partial charge in [0.15, 0.2) is 5.84 Å². The fourth-order valence-electron chi connectivity index (χ4n) is 0.571. The van der Waals surface area contributed by atoms with Crippen molar-refractivity contribution in [2.24, 2.45) is 10.9 Å². The molecular weight excluding hydrogens is 144 g/mol. The summed E-state index contributed by atoms with van der Waals surface area (Å²) >= 11 is 0. The molecule has 11 heavy (non-hydrogen) atoms. The quantitative estimate of drug-likeness (QED) is 0.207. The van der Waals surface area contributed by atoms with Crippen molar-refractivity contribution in [2.75, 3.05) is 6.61 Å². The number of hydrogen-bond donors (Lipinski definition) is 2. The Labute approximate surface area is 67.0 Å². The lowest BCUT2D eigenvalue weighted by molar-refractivity contribution is 0.103. The Morgan fingerprint density at radius 2 is 2.36 bits per heavy atom. The predicted octanol–water partition coefficient (Wildman–Crippen LogP) is 0.938. The summed E-state index contributed by atoms with van der Waals surface area (Å²) in [7, 11) is 0. The monoisotopic (exact) mass is 160 g/mol. The van der Waals surface area contributed by atoms with Crippen LogP contribution in [0.15, 0.2) is 5.16 Å². The van der Waals surface area contributed by atoms with E-state index in [2.05, 4.69) is 12.1 Å². The van der Waals surface area contributed by atoms with Crippen LogP contribution in [0.1, 0.15) is 26.7 Å². The second-order valence-corrected chi connectivity index (χ2v) is 2.39. The summed E-state index contributed by atoms with van der Waals surface area (Å²) in [5, 5.41) is 11.1. The normalized spacial score (nSPS) is 14.9. The van der Waals surface area contributed by atoms with E-state index >= 15 is 0 Å². The predicted molar refractivity (Wildman–Crippen MR) is 43.7 cm³/mol. The van der Waals surface area contributed by atoms with E-state index in [0.717, 1.165) is 12.8 Å². The third kappa shape index (κ3) is 4.61. The molecule has 0 rings (SSSR count). The molecule has 0 heterocycles. The second-order valence-electron chi connectivity index (χ2n) is 2.39. The number of unbranched alkanes of at least 4 members (excludes halogenated alkanes) is 1. The van der Waals surface area contributed by atoms with Gasteiger partial charge in [-0.1, -0.05) is 18.5 Å². The van der Waals surface area contributed by atoms with Gasteiger partial charge in [0.05, 0.1) is 0 Å². The fourth-order valence-corrected chi connectivity index (χ4v) is 0.571. The number of amidine groups is 1. The van der Waals surface area contributed by atoms with E-state index in [9.17, 15) is 0 Å². The van der Waals surface area contributed by atoms with E-state index in [1.165, 1.54) is 0 Å². The van der Waals surface area contributed by atoms with Crippen molar-refractivity contribution in [2.45, 2.75) is 32.8 Å². The number of nitrogens with zero attached hydrogens (tertiary/aromatic N) is 1. The van der Waals surface area contributed by atoms with Crippen molar-refractivity contribution in [3.63, 3.8) is 0 Å². The van der Waals surface area contributed by atoms with Gasteiger partial charge in [0.1, 0.15) is 6.10 Å². The van der Waals surface area contributed by atoms with E-state index in [-0.39, 0.29) is 11.9 Å². The number of rotatable bonds is 5. The maximum absolute atomic E-state index is 8.24. The number of ether oxygens (including phenoxy) is 1. The van der Waals surface area contributed by atoms with Crippen LogP contribution in [-0.2, 0) is 4.74 Å². The van der Waals surface area contributed by atoms with Crippen molar-refractivity contribution in [3.05, 3.63) is 0 Å². The molecule has 0 aliphatic rings. The second kappa shape index (κ2) is 5.97. The summed E-state index contributed by atoms with van der Waals surface area (Å²) in [6.45, 7) is 4.50. The summed E-state index contributed by atoms with van der Waals surface area (Å²) in [4.78, 5) is 0. The lowest BCUT2D eigenvalue weighted by atomic mass is 10.3. The molecule has 1 unspecified atom stereocenters. The van der Waals surface area contributed by atoms with Crippen LogP contribution in [0, 0.1) is 0 Å². The number of oxime groups is 1. The van der Waals surface area contributed by atoms with Gasteiger partial charge in [0.2, 0.25) is 0 Å². The summed E-state index contributed by atoms with van der Waals surface area (Å²) in [6, 6.07) is 0. The van der Waals surface area contributed by atoms with Crippen LogP contribution in [0.25, 0.3) is 0 Å². The highest BCUT2D eigenvalue weighted by Crippen LogP contribution is 1.94. The minimum atomic E-state index is -0.286. The molecule has 0 bridgehead atoms. The van der Waals surface area contributed by atoms with Crippen LogP contribution in [0.3, 0.4) is 0 Å². The summed E-state index contributed by atoms with van der Waals surface area (Å²) < 4.78 is 5.22. The van der Waals surface area contributed by atoms with Gasteiger partial charge < -0.3 is 15.7 Å². The lowest BCUT2D eigenvalue weighted by Gasteiger charge is -2.09. The maximum atomic E-state index is 8.24. The first kappa shape index (κ1) is 10.2. The lowest BCUT2D eigenvalue weighted by Crippen LogP contribution is -2.29. The van der Waals surface area contributed by atoms with Crippen molar-refractivity contribution in [1.29, 1.82) is 0 Å². The molecule has 0 amide bonds. The van der Waals surface area contributed by atoms with Gasteiger partial charge in [-0.15, -0.1) is 0 Å². The Hall–Kier alpha value is -0.770.